The number of nitrogens with two attached hydrogens (primary N) is 1. The van der Waals surface area contributed by atoms with Crippen LogP contribution < -0.4 is 10.5 Å². The molecule has 3 N–H and O–H groups in total. The van der Waals surface area contributed by atoms with Crippen LogP contribution in [0.25, 0.3) is 0 Å². The molecule has 4 atom stereocenters. The second-order valence-corrected chi connectivity index (χ2v) is 13.5. The second kappa shape index (κ2) is 14.5. The van der Waals surface area contributed by atoms with E-state index >= 15 is 0 Å². The number of carbonyl (C=O) groups excluding carboxylic acids is 1. The van der Waals surface area contributed by atoms with E-state index in [1.54, 1.807) is 24.3 Å². The van der Waals surface area contributed by atoms with Crippen molar-refractivity contribution in [2.24, 2.45) is 17.8 Å². The first-order chi connectivity index (χ1) is 19.3. The first-order valence-electron chi connectivity index (χ1n) is 15.9. The molecule has 228 valence electrons. The molecule has 0 bridgehead atoms. The Bertz CT molecular complexity index is 1160. The summed E-state index contributed by atoms with van der Waals surface area (Å²) in [5.74, 6) is 3.00. The van der Waals surface area contributed by atoms with Gasteiger partial charge in [-0.25, -0.2) is 4.79 Å². The highest BCUT2D eigenvalue weighted by molar-refractivity contribution is 5.90. The number of anilines is 1. The largest absolute Gasteiger partial charge is 0.507 e. The molecule has 0 aliphatic carbocycles. The van der Waals surface area contributed by atoms with Crippen molar-refractivity contribution in [1.82, 2.24) is 0 Å². The van der Waals surface area contributed by atoms with E-state index in [4.69, 9.17) is 15.2 Å². The molecule has 1 heterocycles. The molecule has 5 heteroatoms. The molecule has 2 aromatic carbocycles. The molecule has 1 unspecified atom stereocenters. The molecular weight excluding hydrogens is 510 g/mol. The van der Waals surface area contributed by atoms with Gasteiger partial charge in [0.1, 0.15) is 23.2 Å². The van der Waals surface area contributed by atoms with Crippen LogP contribution in [0.2, 0.25) is 0 Å². The summed E-state index contributed by atoms with van der Waals surface area (Å²) in [6.07, 6.45) is 10.8. The predicted molar refractivity (Wildman–Crippen MR) is 170 cm³/mol. The van der Waals surface area contributed by atoms with Gasteiger partial charge in [-0.3, -0.25) is 0 Å². The summed E-state index contributed by atoms with van der Waals surface area (Å²) >= 11 is 0. The van der Waals surface area contributed by atoms with Crippen LogP contribution in [0.3, 0.4) is 0 Å². The number of phenolic OH excluding ortho intramolecular Hbond substituents is 1. The van der Waals surface area contributed by atoms with Crippen molar-refractivity contribution in [1.29, 1.82) is 0 Å². The number of ether oxygens (including phenoxy) is 2. The van der Waals surface area contributed by atoms with Crippen LogP contribution >= 0.6 is 0 Å². The Morgan fingerprint density at radius 1 is 0.927 bits per heavy atom. The maximum Gasteiger partial charge on any atom is 0.338 e. The van der Waals surface area contributed by atoms with E-state index in [2.05, 4.69) is 34.6 Å². The Morgan fingerprint density at radius 2 is 1.49 bits per heavy atom. The van der Waals surface area contributed by atoms with Gasteiger partial charge in [0.25, 0.3) is 0 Å². The Morgan fingerprint density at radius 3 is 2.07 bits per heavy atom. The summed E-state index contributed by atoms with van der Waals surface area (Å²) in [6, 6.07) is 6.82. The molecule has 0 spiro atoms. The van der Waals surface area contributed by atoms with Crippen LogP contribution in [0.15, 0.2) is 24.3 Å². The number of hydrogen-bond donors (Lipinski definition) is 2. The Labute approximate surface area is 249 Å². The molecule has 0 fully saturated rings. The SMILES string of the molecule is Cc1c(C)c2c(c(C)c1O)CC(OC(=O)c1ccc(N)cc1)[C@](C)(CCC[C@H](C)CCC[C@@H](C)CCCC(C)C)O2. The minimum absolute atomic E-state index is 0.292. The number of carbonyl (C=O) groups is 1. The fourth-order valence-corrected chi connectivity index (χ4v) is 6.23. The lowest BCUT2D eigenvalue weighted by atomic mass is 9.81. The molecule has 1 aliphatic rings. The van der Waals surface area contributed by atoms with Crippen LogP contribution in [0.1, 0.15) is 125 Å². The van der Waals surface area contributed by atoms with Crippen LogP contribution in [-0.4, -0.2) is 22.8 Å². The van der Waals surface area contributed by atoms with Crippen LogP contribution in [0, 0.1) is 38.5 Å². The summed E-state index contributed by atoms with van der Waals surface area (Å²) in [7, 11) is 0. The molecule has 41 heavy (non-hydrogen) atoms. The topological polar surface area (TPSA) is 81.8 Å². The number of esters is 1. The predicted octanol–water partition coefficient (Wildman–Crippen LogP) is 9.26. The first-order valence-corrected chi connectivity index (χ1v) is 15.9. The van der Waals surface area contributed by atoms with E-state index in [1.807, 2.05) is 20.8 Å². The normalized spacial score (nSPS) is 19.9. The number of rotatable bonds is 14. The van der Waals surface area contributed by atoms with E-state index in [0.717, 1.165) is 59.1 Å². The smallest absolute Gasteiger partial charge is 0.338 e. The van der Waals surface area contributed by atoms with Gasteiger partial charge in [0.2, 0.25) is 0 Å². The Hall–Kier alpha value is -2.69. The Kier molecular flexibility index (Phi) is 11.6. The van der Waals surface area contributed by atoms with Crippen molar-refractivity contribution in [3.63, 3.8) is 0 Å². The summed E-state index contributed by atoms with van der Waals surface area (Å²) in [5.41, 5.74) is 9.75. The summed E-state index contributed by atoms with van der Waals surface area (Å²) in [4.78, 5) is 13.2. The standard InChI is InChI=1S/C36H55NO4/c1-23(2)12-9-13-24(3)14-10-15-25(4)16-11-21-36(8)32(40-35(39)29-17-19-30(37)20-18-29)22-31-28(7)33(38)26(5)27(6)34(31)41-36/h17-20,23-25,32,38H,9-16,21-22,37H2,1-8H3/t24-,25+,32?,36-/m0/s1. The average Bonchev–Trinajstić information content (AvgIpc) is 2.91. The number of nitrogen functional groups attached to an aromatic ring is 1. The summed E-state index contributed by atoms with van der Waals surface area (Å²) in [6.45, 7) is 17.3. The van der Waals surface area contributed by atoms with E-state index in [0.29, 0.717) is 29.3 Å². The van der Waals surface area contributed by atoms with Crippen molar-refractivity contribution in [3.05, 3.63) is 52.1 Å². The van der Waals surface area contributed by atoms with E-state index in [-0.39, 0.29) is 5.97 Å². The van der Waals surface area contributed by atoms with Crippen molar-refractivity contribution >= 4 is 11.7 Å². The number of aromatic hydroxyl groups is 1. The van der Waals surface area contributed by atoms with Gasteiger partial charge in [0.05, 0.1) is 5.56 Å². The maximum atomic E-state index is 13.2. The number of benzene rings is 2. The van der Waals surface area contributed by atoms with Gasteiger partial charge in [-0.1, -0.05) is 72.6 Å². The molecule has 0 saturated carbocycles. The maximum absolute atomic E-state index is 13.2. The molecule has 0 radical (unpaired) electrons. The number of phenols is 1. The lowest BCUT2D eigenvalue weighted by molar-refractivity contribution is -0.0752. The molecule has 5 nitrogen and oxygen atoms in total. The Balaban J connectivity index is 1.66. The van der Waals surface area contributed by atoms with E-state index < -0.39 is 11.7 Å². The van der Waals surface area contributed by atoms with Gasteiger partial charge in [0, 0.05) is 17.7 Å². The molecule has 0 amide bonds. The van der Waals surface area contributed by atoms with Gasteiger partial charge in [-0.15, -0.1) is 0 Å². The van der Waals surface area contributed by atoms with Gasteiger partial charge >= 0.3 is 5.97 Å². The number of fused-ring (bicyclic) bond motifs is 1. The molecule has 0 aromatic heterocycles. The first kappa shape index (κ1) is 32.8. The van der Waals surface area contributed by atoms with Crippen molar-refractivity contribution < 1.29 is 19.4 Å². The third kappa shape index (κ3) is 8.66. The molecule has 3 rings (SSSR count). The van der Waals surface area contributed by atoms with Crippen LogP contribution in [-0.2, 0) is 11.2 Å². The van der Waals surface area contributed by atoms with Gasteiger partial charge < -0.3 is 20.3 Å². The molecule has 1 aliphatic heterocycles. The summed E-state index contributed by atoms with van der Waals surface area (Å²) in [5, 5.41) is 10.7. The fourth-order valence-electron chi connectivity index (χ4n) is 6.23. The highest BCUT2D eigenvalue weighted by Gasteiger charge is 2.45. The second-order valence-electron chi connectivity index (χ2n) is 13.5. The lowest BCUT2D eigenvalue weighted by Crippen LogP contribution is -2.51. The third-order valence-electron chi connectivity index (χ3n) is 9.38. The van der Waals surface area contributed by atoms with Gasteiger partial charge in [-0.2, -0.15) is 0 Å². The average molecular weight is 566 g/mol. The summed E-state index contributed by atoms with van der Waals surface area (Å²) < 4.78 is 12.9. The minimum Gasteiger partial charge on any atom is -0.507 e. The fraction of sp³-hybridized carbons (Fsp3) is 0.639. The van der Waals surface area contributed by atoms with Crippen LogP contribution in [0.4, 0.5) is 5.69 Å². The lowest BCUT2D eigenvalue weighted by Gasteiger charge is -2.43. The zero-order valence-electron chi connectivity index (χ0n) is 26.9. The quantitative estimate of drug-likeness (QED) is 0.176. The molecule has 0 saturated heterocycles. The zero-order chi connectivity index (χ0) is 30.3. The van der Waals surface area contributed by atoms with E-state index in [1.165, 1.54) is 38.5 Å². The third-order valence-corrected chi connectivity index (χ3v) is 9.38. The number of hydrogen-bond acceptors (Lipinski definition) is 5. The van der Waals surface area contributed by atoms with E-state index in [9.17, 15) is 9.90 Å². The monoisotopic (exact) mass is 565 g/mol. The van der Waals surface area contributed by atoms with Crippen molar-refractivity contribution in [3.8, 4) is 11.5 Å². The van der Waals surface area contributed by atoms with Gasteiger partial charge in [-0.05, 0) is 99.2 Å². The van der Waals surface area contributed by atoms with Crippen molar-refractivity contribution in [2.75, 3.05) is 5.73 Å². The highest BCUT2D eigenvalue weighted by atomic mass is 16.6. The molecule has 2 aromatic rings. The van der Waals surface area contributed by atoms with Crippen molar-refractivity contribution in [2.45, 2.75) is 131 Å². The minimum atomic E-state index is -0.665. The molecular formula is C36H55NO4. The van der Waals surface area contributed by atoms with Gasteiger partial charge in [0.15, 0.2) is 0 Å². The highest BCUT2D eigenvalue weighted by Crippen LogP contribution is 2.45. The zero-order valence-corrected chi connectivity index (χ0v) is 26.9. The van der Waals surface area contributed by atoms with Crippen LogP contribution in [0.5, 0.6) is 11.5 Å².